The van der Waals surface area contributed by atoms with Crippen LogP contribution in [0.2, 0.25) is 0 Å². The Hall–Kier alpha value is -2.42. The SMILES string of the molecule is Nc1ccc(Cc2ccnc3ccccc23)cc1F. The summed E-state index contributed by atoms with van der Waals surface area (Å²) in [6, 6.07) is 14.9. The lowest BCUT2D eigenvalue weighted by Crippen LogP contribution is -1.95. The molecule has 0 atom stereocenters. The largest absolute Gasteiger partial charge is 0.396 e. The lowest BCUT2D eigenvalue weighted by molar-refractivity contribution is 0.631. The maximum Gasteiger partial charge on any atom is 0.146 e. The molecule has 0 saturated carbocycles. The first-order chi connectivity index (χ1) is 9.24. The number of halogens is 1. The third-order valence-electron chi connectivity index (χ3n) is 3.20. The molecular formula is C16H13FN2. The van der Waals surface area contributed by atoms with E-state index in [4.69, 9.17) is 5.73 Å². The highest BCUT2D eigenvalue weighted by Gasteiger charge is 2.05. The molecule has 3 rings (SSSR count). The highest BCUT2D eigenvalue weighted by Crippen LogP contribution is 2.21. The Morgan fingerprint density at radius 2 is 1.89 bits per heavy atom. The summed E-state index contributed by atoms with van der Waals surface area (Å²) < 4.78 is 13.5. The van der Waals surface area contributed by atoms with Crippen molar-refractivity contribution in [2.45, 2.75) is 6.42 Å². The van der Waals surface area contributed by atoms with Crippen LogP contribution in [-0.2, 0) is 6.42 Å². The van der Waals surface area contributed by atoms with Gasteiger partial charge in [0.1, 0.15) is 5.82 Å². The van der Waals surface area contributed by atoms with E-state index in [1.54, 1.807) is 12.3 Å². The summed E-state index contributed by atoms with van der Waals surface area (Å²) in [6.45, 7) is 0. The molecule has 94 valence electrons. The fraction of sp³-hybridized carbons (Fsp3) is 0.0625. The maximum atomic E-state index is 13.5. The van der Waals surface area contributed by atoms with Crippen molar-refractivity contribution >= 4 is 16.6 Å². The second kappa shape index (κ2) is 4.69. The molecule has 19 heavy (non-hydrogen) atoms. The topological polar surface area (TPSA) is 38.9 Å². The second-order valence-electron chi connectivity index (χ2n) is 4.52. The van der Waals surface area contributed by atoms with E-state index in [2.05, 4.69) is 4.98 Å². The lowest BCUT2D eigenvalue weighted by atomic mass is 10.0. The van der Waals surface area contributed by atoms with Crippen molar-refractivity contribution in [2.75, 3.05) is 5.73 Å². The Bertz CT molecular complexity index is 732. The number of fused-ring (bicyclic) bond motifs is 1. The molecule has 0 saturated heterocycles. The van der Waals surface area contributed by atoms with Crippen LogP contribution in [0.15, 0.2) is 54.7 Å². The predicted octanol–water partition coefficient (Wildman–Crippen LogP) is 3.55. The minimum absolute atomic E-state index is 0.184. The molecule has 0 aliphatic rings. The number of nitrogens with two attached hydrogens (primary N) is 1. The Labute approximate surface area is 110 Å². The van der Waals surface area contributed by atoms with Crippen molar-refractivity contribution in [3.05, 3.63) is 71.7 Å². The fourth-order valence-electron chi connectivity index (χ4n) is 2.21. The number of hydrogen-bond donors (Lipinski definition) is 1. The van der Waals surface area contributed by atoms with Gasteiger partial charge in [-0.25, -0.2) is 4.39 Å². The van der Waals surface area contributed by atoms with Crippen molar-refractivity contribution < 1.29 is 4.39 Å². The number of aromatic nitrogens is 1. The summed E-state index contributed by atoms with van der Waals surface area (Å²) >= 11 is 0. The molecule has 3 aromatic rings. The van der Waals surface area contributed by atoms with E-state index in [1.807, 2.05) is 36.4 Å². The fourth-order valence-corrected chi connectivity index (χ4v) is 2.21. The van der Waals surface area contributed by atoms with Crippen molar-refractivity contribution in [2.24, 2.45) is 0 Å². The Morgan fingerprint density at radius 1 is 1.05 bits per heavy atom. The molecular weight excluding hydrogens is 239 g/mol. The maximum absolute atomic E-state index is 13.5. The molecule has 0 aliphatic heterocycles. The van der Waals surface area contributed by atoms with E-state index >= 15 is 0 Å². The van der Waals surface area contributed by atoms with E-state index in [0.717, 1.165) is 22.0 Å². The van der Waals surface area contributed by atoms with Crippen molar-refractivity contribution in [1.82, 2.24) is 4.98 Å². The number of benzene rings is 2. The molecule has 0 amide bonds. The quantitative estimate of drug-likeness (QED) is 0.708. The van der Waals surface area contributed by atoms with E-state index < -0.39 is 0 Å². The van der Waals surface area contributed by atoms with E-state index in [1.165, 1.54) is 6.07 Å². The summed E-state index contributed by atoms with van der Waals surface area (Å²) in [7, 11) is 0. The van der Waals surface area contributed by atoms with Crippen LogP contribution in [-0.4, -0.2) is 4.98 Å². The van der Waals surface area contributed by atoms with Gasteiger partial charge in [0.05, 0.1) is 11.2 Å². The zero-order chi connectivity index (χ0) is 13.2. The minimum atomic E-state index is -0.365. The minimum Gasteiger partial charge on any atom is -0.396 e. The third kappa shape index (κ3) is 2.27. The molecule has 0 fully saturated rings. The monoisotopic (exact) mass is 252 g/mol. The van der Waals surface area contributed by atoms with Crippen LogP contribution < -0.4 is 5.73 Å². The van der Waals surface area contributed by atoms with Gasteiger partial charge in [-0.05, 0) is 41.8 Å². The van der Waals surface area contributed by atoms with Crippen LogP contribution in [0.5, 0.6) is 0 Å². The molecule has 2 nitrogen and oxygen atoms in total. The third-order valence-corrected chi connectivity index (χ3v) is 3.20. The van der Waals surface area contributed by atoms with Gasteiger partial charge < -0.3 is 5.73 Å². The van der Waals surface area contributed by atoms with Gasteiger partial charge in [-0.15, -0.1) is 0 Å². The van der Waals surface area contributed by atoms with Gasteiger partial charge in [-0.2, -0.15) is 0 Å². The molecule has 0 radical (unpaired) electrons. The Morgan fingerprint density at radius 3 is 2.74 bits per heavy atom. The summed E-state index contributed by atoms with van der Waals surface area (Å²) in [5.41, 5.74) is 8.67. The standard InChI is InChI=1S/C16H13FN2/c17-14-10-11(5-6-15(14)18)9-12-7-8-19-16-4-2-1-3-13(12)16/h1-8,10H,9,18H2. The number of anilines is 1. The average molecular weight is 252 g/mol. The van der Waals surface area contributed by atoms with Gasteiger partial charge in [-0.1, -0.05) is 24.3 Å². The number of nitrogens with zero attached hydrogens (tertiary/aromatic N) is 1. The van der Waals surface area contributed by atoms with Crippen molar-refractivity contribution in [3.8, 4) is 0 Å². The van der Waals surface area contributed by atoms with Crippen molar-refractivity contribution in [1.29, 1.82) is 0 Å². The van der Waals surface area contributed by atoms with Gasteiger partial charge in [0.25, 0.3) is 0 Å². The summed E-state index contributed by atoms with van der Waals surface area (Å²) in [5.74, 6) is -0.365. The Balaban J connectivity index is 2.03. The molecule has 2 N–H and O–H groups in total. The first kappa shape index (κ1) is 11.7. The summed E-state index contributed by atoms with van der Waals surface area (Å²) in [4.78, 5) is 4.32. The van der Waals surface area contributed by atoms with Crippen LogP contribution >= 0.6 is 0 Å². The predicted molar refractivity (Wildman–Crippen MR) is 75.4 cm³/mol. The van der Waals surface area contributed by atoms with Crippen molar-refractivity contribution in [3.63, 3.8) is 0 Å². The number of hydrogen-bond acceptors (Lipinski definition) is 2. The van der Waals surface area contributed by atoms with Gasteiger partial charge in [-0.3, -0.25) is 4.98 Å². The molecule has 0 aliphatic carbocycles. The van der Waals surface area contributed by atoms with Gasteiger partial charge in [0, 0.05) is 11.6 Å². The number of nitrogen functional groups attached to an aromatic ring is 1. The number of rotatable bonds is 2. The van der Waals surface area contributed by atoms with Crippen LogP contribution in [0.4, 0.5) is 10.1 Å². The zero-order valence-corrected chi connectivity index (χ0v) is 10.3. The van der Waals surface area contributed by atoms with Gasteiger partial charge in [0.2, 0.25) is 0 Å². The van der Waals surface area contributed by atoms with Crippen LogP contribution in [0.3, 0.4) is 0 Å². The normalized spacial score (nSPS) is 10.8. The average Bonchev–Trinajstić information content (AvgIpc) is 2.43. The van der Waals surface area contributed by atoms with Crippen LogP contribution in [0, 0.1) is 5.82 Å². The van der Waals surface area contributed by atoms with Crippen LogP contribution in [0.1, 0.15) is 11.1 Å². The first-order valence-corrected chi connectivity index (χ1v) is 6.10. The highest BCUT2D eigenvalue weighted by atomic mass is 19.1. The summed E-state index contributed by atoms with van der Waals surface area (Å²) in [5, 5.41) is 1.10. The smallest absolute Gasteiger partial charge is 0.146 e. The molecule has 0 bridgehead atoms. The van der Waals surface area contributed by atoms with E-state index in [-0.39, 0.29) is 11.5 Å². The molecule has 2 aromatic carbocycles. The molecule has 3 heteroatoms. The number of para-hydroxylation sites is 1. The molecule has 1 heterocycles. The van der Waals surface area contributed by atoms with Gasteiger partial charge in [0.15, 0.2) is 0 Å². The van der Waals surface area contributed by atoms with E-state index in [0.29, 0.717) is 6.42 Å². The lowest BCUT2D eigenvalue weighted by Gasteiger charge is -2.07. The zero-order valence-electron chi connectivity index (χ0n) is 10.3. The molecule has 0 unspecified atom stereocenters. The highest BCUT2D eigenvalue weighted by molar-refractivity contribution is 5.82. The summed E-state index contributed by atoms with van der Waals surface area (Å²) in [6.07, 6.45) is 2.45. The second-order valence-corrected chi connectivity index (χ2v) is 4.52. The first-order valence-electron chi connectivity index (χ1n) is 6.10. The molecule has 0 spiro atoms. The van der Waals surface area contributed by atoms with Gasteiger partial charge >= 0.3 is 0 Å². The Kier molecular flexibility index (Phi) is 2.88. The number of pyridine rings is 1. The molecule has 1 aromatic heterocycles. The van der Waals surface area contributed by atoms with E-state index in [9.17, 15) is 4.39 Å². The van der Waals surface area contributed by atoms with Crippen LogP contribution in [0.25, 0.3) is 10.9 Å².